The maximum atomic E-state index is 13.2. The van der Waals surface area contributed by atoms with Gasteiger partial charge in [-0.3, -0.25) is 14.2 Å². The number of carbonyl (C=O) groups is 1. The van der Waals surface area contributed by atoms with Crippen LogP contribution in [0.4, 0.5) is 10.1 Å². The Hall–Kier alpha value is -2.48. The Balaban J connectivity index is 1.67. The molecule has 25 heavy (non-hydrogen) atoms. The predicted molar refractivity (Wildman–Crippen MR) is 95.6 cm³/mol. The summed E-state index contributed by atoms with van der Waals surface area (Å²) in [6.45, 7) is 2.35. The lowest BCUT2D eigenvalue weighted by molar-refractivity contribution is -0.119. The third-order valence-electron chi connectivity index (χ3n) is 3.71. The molecule has 2 aromatic heterocycles. The van der Waals surface area contributed by atoms with E-state index in [9.17, 15) is 9.18 Å². The number of amides is 1. The number of nitrogens with zero attached hydrogens (tertiary/aromatic N) is 4. The van der Waals surface area contributed by atoms with Crippen molar-refractivity contribution in [3.8, 4) is 0 Å². The van der Waals surface area contributed by atoms with Crippen molar-refractivity contribution in [2.24, 2.45) is 0 Å². The SMILES string of the molecule is CCC(C(=O)Nc1cnn(Cc2cccc(F)c2)c1)n1cc(Br)cn1. The fraction of sp³-hybridized carbons (Fsp3) is 0.235. The normalized spacial score (nSPS) is 12.1. The number of benzene rings is 1. The van der Waals surface area contributed by atoms with Crippen LogP contribution in [0.3, 0.4) is 0 Å². The summed E-state index contributed by atoms with van der Waals surface area (Å²) in [6.07, 6.45) is 7.31. The standard InChI is InChI=1S/C17H17BrFN5O/c1-2-16(24-10-13(18)7-21-24)17(25)22-15-8-20-23(11-15)9-12-4-3-5-14(19)6-12/h3-8,10-11,16H,2,9H2,1H3,(H,22,25). The number of hydrogen-bond donors (Lipinski definition) is 1. The lowest BCUT2D eigenvalue weighted by Crippen LogP contribution is -2.25. The van der Waals surface area contributed by atoms with E-state index in [-0.39, 0.29) is 11.7 Å². The van der Waals surface area contributed by atoms with Crippen LogP contribution < -0.4 is 5.32 Å². The highest BCUT2D eigenvalue weighted by Crippen LogP contribution is 2.17. The zero-order valence-corrected chi connectivity index (χ0v) is 15.1. The maximum absolute atomic E-state index is 13.2. The molecule has 0 spiro atoms. The molecular formula is C17H17BrFN5O. The number of hydrogen-bond acceptors (Lipinski definition) is 3. The van der Waals surface area contributed by atoms with E-state index in [1.165, 1.54) is 12.1 Å². The van der Waals surface area contributed by atoms with Crippen molar-refractivity contribution >= 4 is 27.5 Å². The van der Waals surface area contributed by atoms with Crippen molar-refractivity contribution in [1.82, 2.24) is 19.6 Å². The largest absolute Gasteiger partial charge is 0.322 e. The lowest BCUT2D eigenvalue weighted by Gasteiger charge is -2.14. The van der Waals surface area contributed by atoms with E-state index in [4.69, 9.17) is 0 Å². The Labute approximate surface area is 152 Å². The molecule has 1 unspecified atom stereocenters. The highest BCUT2D eigenvalue weighted by atomic mass is 79.9. The van der Waals surface area contributed by atoms with Gasteiger partial charge in [0.1, 0.15) is 11.9 Å². The quantitative estimate of drug-likeness (QED) is 0.680. The van der Waals surface area contributed by atoms with Crippen LogP contribution in [0.1, 0.15) is 24.9 Å². The summed E-state index contributed by atoms with van der Waals surface area (Å²) >= 11 is 3.33. The Morgan fingerprint density at radius 3 is 2.84 bits per heavy atom. The van der Waals surface area contributed by atoms with Crippen molar-refractivity contribution in [3.63, 3.8) is 0 Å². The average Bonchev–Trinajstić information content (AvgIpc) is 3.17. The van der Waals surface area contributed by atoms with E-state index >= 15 is 0 Å². The zero-order chi connectivity index (χ0) is 17.8. The van der Waals surface area contributed by atoms with Crippen LogP contribution in [0.2, 0.25) is 0 Å². The highest BCUT2D eigenvalue weighted by Gasteiger charge is 2.20. The summed E-state index contributed by atoms with van der Waals surface area (Å²) in [5.74, 6) is -0.447. The summed E-state index contributed by atoms with van der Waals surface area (Å²) in [4.78, 5) is 12.5. The molecule has 1 N–H and O–H groups in total. The minimum atomic E-state index is -0.405. The molecule has 0 fully saturated rings. The van der Waals surface area contributed by atoms with Gasteiger partial charge in [0.25, 0.3) is 0 Å². The Morgan fingerprint density at radius 1 is 1.32 bits per heavy atom. The van der Waals surface area contributed by atoms with E-state index in [1.54, 1.807) is 40.2 Å². The molecule has 0 bridgehead atoms. The Morgan fingerprint density at radius 2 is 2.16 bits per heavy atom. The van der Waals surface area contributed by atoms with Crippen molar-refractivity contribution in [3.05, 3.63) is 64.9 Å². The van der Waals surface area contributed by atoms with Gasteiger partial charge in [-0.25, -0.2) is 4.39 Å². The number of aromatic nitrogens is 4. The van der Waals surface area contributed by atoms with Gasteiger partial charge in [0.2, 0.25) is 5.91 Å². The monoisotopic (exact) mass is 405 g/mol. The molecule has 0 aliphatic carbocycles. The first kappa shape index (κ1) is 17.3. The average molecular weight is 406 g/mol. The Kier molecular flexibility index (Phi) is 5.28. The van der Waals surface area contributed by atoms with E-state index in [0.717, 1.165) is 10.0 Å². The van der Waals surface area contributed by atoms with Gasteiger partial charge in [0.15, 0.2) is 0 Å². The van der Waals surface area contributed by atoms with Crippen molar-refractivity contribution < 1.29 is 9.18 Å². The molecule has 3 aromatic rings. The van der Waals surface area contributed by atoms with E-state index in [0.29, 0.717) is 18.7 Å². The smallest absolute Gasteiger partial charge is 0.249 e. The number of nitrogens with one attached hydrogen (secondary N) is 1. The summed E-state index contributed by atoms with van der Waals surface area (Å²) in [5.41, 5.74) is 1.39. The first-order chi connectivity index (χ1) is 12.0. The molecule has 130 valence electrons. The fourth-order valence-electron chi connectivity index (χ4n) is 2.54. The number of halogens is 2. The molecule has 1 atom stereocenters. The van der Waals surface area contributed by atoms with Crippen LogP contribution in [0.5, 0.6) is 0 Å². The van der Waals surface area contributed by atoms with Gasteiger partial charge in [-0.2, -0.15) is 10.2 Å². The van der Waals surface area contributed by atoms with Crippen molar-refractivity contribution in [2.45, 2.75) is 25.9 Å². The van der Waals surface area contributed by atoms with Gasteiger partial charge in [0.05, 0.1) is 29.1 Å². The summed E-state index contributed by atoms with van der Waals surface area (Å²) < 4.78 is 17.3. The van der Waals surface area contributed by atoms with E-state index in [2.05, 4.69) is 31.4 Å². The molecule has 0 saturated heterocycles. The minimum Gasteiger partial charge on any atom is -0.322 e. The molecule has 0 aliphatic rings. The van der Waals surface area contributed by atoms with Crippen LogP contribution >= 0.6 is 15.9 Å². The van der Waals surface area contributed by atoms with Gasteiger partial charge >= 0.3 is 0 Å². The van der Waals surface area contributed by atoms with Crippen LogP contribution in [0.25, 0.3) is 0 Å². The maximum Gasteiger partial charge on any atom is 0.249 e. The molecule has 1 aromatic carbocycles. The van der Waals surface area contributed by atoms with Crippen molar-refractivity contribution in [1.29, 1.82) is 0 Å². The first-order valence-electron chi connectivity index (χ1n) is 7.82. The van der Waals surface area contributed by atoms with Crippen LogP contribution in [0.15, 0.2) is 53.5 Å². The second-order valence-electron chi connectivity index (χ2n) is 5.61. The van der Waals surface area contributed by atoms with Crippen LogP contribution in [0, 0.1) is 5.82 Å². The summed E-state index contributed by atoms with van der Waals surface area (Å²) in [5, 5.41) is 11.2. The van der Waals surface area contributed by atoms with Gasteiger partial charge in [-0.1, -0.05) is 19.1 Å². The van der Waals surface area contributed by atoms with Gasteiger partial charge in [-0.15, -0.1) is 0 Å². The molecule has 2 heterocycles. The number of anilines is 1. The molecule has 6 nitrogen and oxygen atoms in total. The molecule has 0 aliphatic heterocycles. The van der Waals surface area contributed by atoms with E-state index < -0.39 is 6.04 Å². The van der Waals surface area contributed by atoms with Crippen molar-refractivity contribution in [2.75, 3.05) is 5.32 Å². The summed E-state index contributed by atoms with van der Waals surface area (Å²) in [6, 6.07) is 5.94. The van der Waals surface area contributed by atoms with Crippen LogP contribution in [-0.2, 0) is 11.3 Å². The fourth-order valence-corrected chi connectivity index (χ4v) is 2.84. The summed E-state index contributed by atoms with van der Waals surface area (Å²) in [7, 11) is 0. The molecule has 3 rings (SSSR count). The first-order valence-corrected chi connectivity index (χ1v) is 8.62. The molecular weight excluding hydrogens is 389 g/mol. The van der Waals surface area contributed by atoms with Gasteiger partial charge in [0, 0.05) is 12.4 Å². The third-order valence-corrected chi connectivity index (χ3v) is 4.12. The Bertz CT molecular complexity index is 875. The van der Waals surface area contributed by atoms with Crippen LogP contribution in [-0.4, -0.2) is 25.5 Å². The minimum absolute atomic E-state index is 0.164. The topological polar surface area (TPSA) is 64.7 Å². The lowest BCUT2D eigenvalue weighted by atomic mass is 10.2. The van der Waals surface area contributed by atoms with Gasteiger partial charge < -0.3 is 5.32 Å². The number of carbonyl (C=O) groups excluding carboxylic acids is 1. The molecule has 0 saturated carbocycles. The van der Waals surface area contributed by atoms with E-state index in [1.807, 2.05) is 13.0 Å². The molecule has 8 heteroatoms. The number of rotatable bonds is 6. The zero-order valence-electron chi connectivity index (χ0n) is 13.6. The highest BCUT2D eigenvalue weighted by molar-refractivity contribution is 9.10. The predicted octanol–water partition coefficient (Wildman–Crippen LogP) is 3.62. The molecule has 1 amide bonds. The second kappa shape index (κ2) is 7.60. The second-order valence-corrected chi connectivity index (χ2v) is 6.52. The van der Waals surface area contributed by atoms with Gasteiger partial charge in [-0.05, 0) is 40.0 Å². The molecule has 0 radical (unpaired) electrons. The third kappa shape index (κ3) is 4.33.